The molecule has 0 aliphatic heterocycles. The molecule has 1 heterocycles. The first-order valence-corrected chi connectivity index (χ1v) is 24.3. The van der Waals surface area contributed by atoms with Gasteiger partial charge in [-0.3, -0.25) is 0 Å². The largest absolute Gasteiger partial charge is 0.416 e. The molecular weight excluding hydrogens is 875 g/mol. The van der Waals surface area contributed by atoms with Crippen molar-refractivity contribution in [2.45, 2.75) is 0 Å². The van der Waals surface area contributed by atoms with Crippen molar-refractivity contribution in [2.75, 3.05) is 4.90 Å². The van der Waals surface area contributed by atoms with Crippen LogP contribution in [0.3, 0.4) is 0 Å². The lowest BCUT2D eigenvalue weighted by Crippen LogP contribution is -2.09. The summed E-state index contributed by atoms with van der Waals surface area (Å²) in [6.45, 7) is 0. The molecule has 12 aromatic rings. The number of hydrogen-bond acceptors (Lipinski definition) is 4. The minimum absolute atomic E-state index is 0.491. The molecule has 0 aliphatic rings. The van der Waals surface area contributed by atoms with E-state index >= 15 is 0 Å². The maximum Gasteiger partial charge on any atom is 0.248 e. The van der Waals surface area contributed by atoms with Crippen molar-refractivity contribution in [2.24, 2.45) is 0 Å². The molecule has 4 heteroatoms. The first-order valence-electron chi connectivity index (χ1n) is 24.3. The Morgan fingerprint density at radius 3 is 0.764 bits per heavy atom. The van der Waals surface area contributed by atoms with E-state index in [1.807, 2.05) is 30.3 Å². The van der Waals surface area contributed by atoms with Gasteiger partial charge < -0.3 is 9.32 Å². The summed E-state index contributed by atoms with van der Waals surface area (Å²) in [5.41, 5.74) is 21.4. The molecule has 0 spiro atoms. The number of aromatic nitrogens is 2. The van der Waals surface area contributed by atoms with Crippen molar-refractivity contribution in [1.82, 2.24) is 10.2 Å². The molecule has 72 heavy (non-hydrogen) atoms. The molecule has 0 saturated heterocycles. The lowest BCUT2D eigenvalue weighted by atomic mass is 9.89. The fraction of sp³-hybridized carbons (Fsp3) is 0. The van der Waals surface area contributed by atoms with Crippen LogP contribution in [0.15, 0.2) is 290 Å². The molecule has 0 fully saturated rings. The van der Waals surface area contributed by atoms with Gasteiger partial charge in [0.05, 0.1) is 0 Å². The second-order valence-corrected chi connectivity index (χ2v) is 17.8. The van der Waals surface area contributed by atoms with E-state index in [1.54, 1.807) is 0 Å². The van der Waals surface area contributed by atoms with Gasteiger partial charge in [-0.2, -0.15) is 0 Å². The summed E-state index contributed by atoms with van der Waals surface area (Å²) in [5, 5.41) is 8.67. The molecule has 0 aliphatic carbocycles. The number of anilines is 3. The van der Waals surface area contributed by atoms with Crippen molar-refractivity contribution >= 4 is 17.1 Å². The highest BCUT2D eigenvalue weighted by atomic mass is 16.4. The Kier molecular flexibility index (Phi) is 12.0. The Morgan fingerprint density at radius 1 is 0.194 bits per heavy atom. The maximum absolute atomic E-state index is 6.08. The second-order valence-electron chi connectivity index (χ2n) is 17.8. The number of hydrogen-bond donors (Lipinski definition) is 0. The van der Waals surface area contributed by atoms with E-state index in [4.69, 9.17) is 4.42 Å². The Morgan fingerprint density at radius 2 is 0.417 bits per heavy atom. The van der Waals surface area contributed by atoms with Gasteiger partial charge in [0, 0.05) is 28.2 Å². The predicted molar refractivity (Wildman–Crippen MR) is 298 cm³/mol. The maximum atomic E-state index is 6.08. The zero-order chi connectivity index (χ0) is 48.1. The summed E-state index contributed by atoms with van der Waals surface area (Å²) >= 11 is 0. The molecule has 0 atom stereocenters. The van der Waals surface area contributed by atoms with E-state index in [1.165, 1.54) is 44.5 Å². The summed E-state index contributed by atoms with van der Waals surface area (Å²) in [7, 11) is 0. The van der Waals surface area contributed by atoms with Gasteiger partial charge in [-0.15, -0.1) is 10.2 Å². The molecule has 4 nitrogen and oxygen atoms in total. The van der Waals surface area contributed by atoms with Crippen molar-refractivity contribution in [3.63, 3.8) is 0 Å². The molecule has 0 radical (unpaired) electrons. The predicted octanol–water partition coefficient (Wildman–Crippen LogP) is 18.5. The van der Waals surface area contributed by atoms with Crippen LogP contribution in [0.1, 0.15) is 0 Å². The quantitative estimate of drug-likeness (QED) is 0.122. The topological polar surface area (TPSA) is 42.2 Å². The van der Waals surface area contributed by atoms with E-state index in [0.717, 1.165) is 61.6 Å². The fourth-order valence-electron chi connectivity index (χ4n) is 9.58. The molecule has 11 aromatic carbocycles. The van der Waals surface area contributed by atoms with E-state index in [-0.39, 0.29) is 0 Å². The zero-order valence-corrected chi connectivity index (χ0v) is 39.4. The van der Waals surface area contributed by atoms with Gasteiger partial charge in [-0.05, 0) is 139 Å². The third-order valence-electron chi connectivity index (χ3n) is 13.4. The van der Waals surface area contributed by atoms with Gasteiger partial charge in [-0.1, -0.05) is 224 Å². The van der Waals surface area contributed by atoms with E-state index < -0.39 is 0 Å². The lowest BCUT2D eigenvalue weighted by Gasteiger charge is -2.26. The standard InChI is InChI=1S/C68H47N3O/c1-4-14-48(15-5-1)50-24-28-52(29-25-50)54-36-42-60(43-37-54)71(61-44-38-55(39-45-61)53-30-26-51(27-31-53)49-16-6-2-7-17-49)62-46-40-57(41-47-62)64-21-11-13-23-66(64)65-22-12-10-20-63(65)56-32-34-59(35-33-56)68-70-69-67(72-68)58-18-8-3-9-19-58/h1-47H. The summed E-state index contributed by atoms with van der Waals surface area (Å²) in [4.78, 5) is 2.34. The third kappa shape index (κ3) is 9.04. The van der Waals surface area contributed by atoms with Crippen LogP contribution >= 0.6 is 0 Å². The Bertz CT molecular complexity index is 3590. The van der Waals surface area contributed by atoms with Crippen LogP contribution in [0.25, 0.3) is 101 Å². The van der Waals surface area contributed by atoms with Gasteiger partial charge in [0.25, 0.3) is 0 Å². The first-order chi connectivity index (χ1) is 35.7. The SMILES string of the molecule is c1ccc(-c2ccc(-c3ccc(N(c4ccc(-c5ccc(-c6ccccc6)cc5)cc4)c4ccc(-c5ccccc5-c5ccccc5-c5ccc(-c6nnc(-c7ccccc7)o6)cc5)cc4)cc3)cc2)cc1. The van der Waals surface area contributed by atoms with Crippen LogP contribution in [0.2, 0.25) is 0 Å². The molecule has 0 N–H and O–H groups in total. The highest BCUT2D eigenvalue weighted by molar-refractivity contribution is 5.92. The number of nitrogens with zero attached hydrogens (tertiary/aromatic N) is 3. The van der Waals surface area contributed by atoms with E-state index in [9.17, 15) is 0 Å². The molecule has 1 aromatic heterocycles. The zero-order valence-electron chi connectivity index (χ0n) is 39.4. The second kappa shape index (κ2) is 19.8. The van der Waals surface area contributed by atoms with Gasteiger partial charge in [0.15, 0.2) is 0 Å². The summed E-state index contributed by atoms with van der Waals surface area (Å²) < 4.78 is 6.08. The average Bonchev–Trinajstić information content (AvgIpc) is 3.98. The molecule has 12 rings (SSSR count). The molecular formula is C68H47N3O. The fourth-order valence-corrected chi connectivity index (χ4v) is 9.58. The number of benzene rings is 11. The first kappa shape index (κ1) is 43.6. The minimum atomic E-state index is 0.491. The van der Waals surface area contributed by atoms with Crippen LogP contribution in [0.4, 0.5) is 17.1 Å². The van der Waals surface area contributed by atoms with E-state index in [2.05, 4.69) is 270 Å². The van der Waals surface area contributed by atoms with Crippen molar-refractivity contribution in [3.8, 4) is 101 Å². The average molecular weight is 922 g/mol. The summed E-state index contributed by atoms with van der Waals surface area (Å²) in [5.74, 6) is 0.994. The highest BCUT2D eigenvalue weighted by Crippen LogP contribution is 2.42. The van der Waals surface area contributed by atoms with Gasteiger partial charge in [-0.25, -0.2) is 0 Å². The van der Waals surface area contributed by atoms with Crippen LogP contribution in [0.5, 0.6) is 0 Å². The van der Waals surface area contributed by atoms with Crippen molar-refractivity contribution < 1.29 is 4.42 Å². The molecule has 0 unspecified atom stereocenters. The van der Waals surface area contributed by atoms with Crippen LogP contribution < -0.4 is 4.90 Å². The highest BCUT2D eigenvalue weighted by Gasteiger charge is 2.17. The lowest BCUT2D eigenvalue weighted by molar-refractivity contribution is 0.584. The minimum Gasteiger partial charge on any atom is -0.416 e. The number of rotatable bonds is 12. The van der Waals surface area contributed by atoms with Crippen molar-refractivity contribution in [3.05, 3.63) is 285 Å². The van der Waals surface area contributed by atoms with Crippen LogP contribution in [-0.2, 0) is 0 Å². The van der Waals surface area contributed by atoms with E-state index in [0.29, 0.717) is 11.8 Å². The Labute approximate surface area is 420 Å². The van der Waals surface area contributed by atoms with Crippen LogP contribution in [0, 0.1) is 0 Å². The molecule has 0 bridgehead atoms. The molecule has 0 amide bonds. The summed E-state index contributed by atoms with van der Waals surface area (Å²) in [6, 6.07) is 101. The Hall–Kier alpha value is -9.64. The van der Waals surface area contributed by atoms with Crippen LogP contribution in [-0.4, -0.2) is 10.2 Å². The van der Waals surface area contributed by atoms with Gasteiger partial charge in [0.1, 0.15) is 0 Å². The normalized spacial score (nSPS) is 11.1. The molecule has 0 saturated carbocycles. The smallest absolute Gasteiger partial charge is 0.248 e. The van der Waals surface area contributed by atoms with Gasteiger partial charge in [0.2, 0.25) is 11.8 Å². The third-order valence-corrected chi connectivity index (χ3v) is 13.4. The van der Waals surface area contributed by atoms with Crippen molar-refractivity contribution in [1.29, 1.82) is 0 Å². The Balaban J connectivity index is 0.852. The van der Waals surface area contributed by atoms with Gasteiger partial charge >= 0.3 is 0 Å². The monoisotopic (exact) mass is 921 g/mol. The summed E-state index contributed by atoms with van der Waals surface area (Å²) in [6.07, 6.45) is 0. The molecule has 340 valence electrons.